The van der Waals surface area contributed by atoms with Crippen molar-refractivity contribution < 1.29 is 13.3 Å². The van der Waals surface area contributed by atoms with Crippen molar-refractivity contribution in [3.8, 4) is 0 Å². The highest BCUT2D eigenvalue weighted by Gasteiger charge is 2.50. The Labute approximate surface area is 164 Å². The molecule has 2 atom stereocenters. The van der Waals surface area contributed by atoms with Crippen LogP contribution in [0.2, 0.25) is 0 Å². The lowest BCUT2D eigenvalue weighted by Crippen LogP contribution is -2.49. The van der Waals surface area contributed by atoms with Crippen LogP contribution in [0.25, 0.3) is 0 Å². The fraction of sp³-hybridized carbons (Fsp3) is 0.619. The number of rotatable bonds is 2. The smallest absolute Gasteiger partial charge is 0.263 e. The minimum atomic E-state index is -3.56. The molecular formula is C21H32N2O3S. The summed E-state index contributed by atoms with van der Waals surface area (Å²) in [4.78, 5) is 6.63. The molecule has 0 radical (unpaired) electrons. The molecule has 0 saturated carbocycles. The zero-order valence-corrected chi connectivity index (χ0v) is 18.3. The molecule has 3 rings (SSSR count). The summed E-state index contributed by atoms with van der Waals surface area (Å²) >= 11 is 0. The van der Waals surface area contributed by atoms with E-state index in [9.17, 15) is 8.42 Å². The van der Waals surface area contributed by atoms with Crippen LogP contribution in [0, 0.1) is 12.3 Å². The number of hydrogen-bond donors (Lipinski definition) is 0. The van der Waals surface area contributed by atoms with Crippen LogP contribution < -0.4 is 0 Å². The van der Waals surface area contributed by atoms with Gasteiger partial charge in [0, 0.05) is 18.3 Å². The third kappa shape index (κ3) is 3.80. The van der Waals surface area contributed by atoms with Crippen molar-refractivity contribution in [3.05, 3.63) is 41.6 Å². The fourth-order valence-electron chi connectivity index (χ4n) is 3.85. The van der Waals surface area contributed by atoms with Gasteiger partial charge in [0.1, 0.15) is 6.10 Å². The van der Waals surface area contributed by atoms with Crippen LogP contribution in [0.15, 0.2) is 40.9 Å². The average molecular weight is 393 g/mol. The molecule has 150 valence electrons. The molecule has 1 aromatic rings. The van der Waals surface area contributed by atoms with Crippen molar-refractivity contribution in [1.82, 2.24) is 9.37 Å². The minimum absolute atomic E-state index is 0.0264. The fourth-order valence-corrected chi connectivity index (χ4v) is 5.21. The monoisotopic (exact) mass is 392 g/mol. The van der Waals surface area contributed by atoms with Crippen LogP contribution in [0.1, 0.15) is 53.5 Å². The SMILES string of the molecule is Cc1ccc(S(=O)(=O)N2C=C3[C@H](CC2)ON(C(C)(C)C)[C@H]3C(C)(C)C)cc1. The first-order valence-electron chi connectivity index (χ1n) is 9.58. The van der Waals surface area contributed by atoms with E-state index in [0.29, 0.717) is 17.9 Å². The van der Waals surface area contributed by atoms with E-state index in [-0.39, 0.29) is 23.1 Å². The highest BCUT2D eigenvalue weighted by atomic mass is 32.2. The molecule has 0 amide bonds. The van der Waals surface area contributed by atoms with Crippen molar-refractivity contribution in [2.45, 2.75) is 77.5 Å². The second-order valence-corrected chi connectivity index (χ2v) is 11.6. The second-order valence-electron chi connectivity index (χ2n) is 9.71. The van der Waals surface area contributed by atoms with E-state index in [2.05, 4.69) is 46.6 Å². The van der Waals surface area contributed by atoms with E-state index in [1.807, 2.05) is 25.3 Å². The Bertz CT molecular complexity index is 830. The van der Waals surface area contributed by atoms with Crippen LogP contribution >= 0.6 is 0 Å². The summed E-state index contributed by atoms with van der Waals surface area (Å²) in [5, 5.41) is 2.06. The highest BCUT2D eigenvalue weighted by molar-refractivity contribution is 7.89. The number of sulfonamides is 1. The highest BCUT2D eigenvalue weighted by Crippen LogP contribution is 2.44. The lowest BCUT2D eigenvalue weighted by Gasteiger charge is -2.41. The summed E-state index contributed by atoms with van der Waals surface area (Å²) < 4.78 is 27.8. The standard InChI is InChI=1S/C21H32N2O3S/c1-15-8-10-16(11-9-15)27(24,25)22-13-12-18-17(14-22)19(20(2,3)4)23(26-18)21(5,6)7/h8-11,14,18-19H,12-13H2,1-7H3/t18-,19+/m0/s1. The maximum Gasteiger partial charge on any atom is 0.263 e. The second kappa shape index (κ2) is 6.61. The predicted molar refractivity (Wildman–Crippen MR) is 107 cm³/mol. The first-order valence-corrected chi connectivity index (χ1v) is 11.0. The Morgan fingerprint density at radius 2 is 1.63 bits per heavy atom. The summed E-state index contributed by atoms with van der Waals surface area (Å²) in [7, 11) is -3.56. The van der Waals surface area contributed by atoms with Gasteiger partial charge in [-0.1, -0.05) is 38.5 Å². The molecular weight excluding hydrogens is 360 g/mol. The summed E-state index contributed by atoms with van der Waals surface area (Å²) in [5.74, 6) is 0. The molecule has 0 bridgehead atoms. The number of nitrogens with zero attached hydrogens (tertiary/aromatic N) is 2. The summed E-state index contributed by atoms with van der Waals surface area (Å²) in [6, 6.07) is 7.07. The molecule has 0 N–H and O–H groups in total. The van der Waals surface area contributed by atoms with Gasteiger partial charge >= 0.3 is 0 Å². The molecule has 1 saturated heterocycles. The van der Waals surface area contributed by atoms with Crippen LogP contribution in [-0.2, 0) is 14.9 Å². The quantitative estimate of drug-likeness (QED) is 0.760. The van der Waals surface area contributed by atoms with Crippen molar-refractivity contribution in [3.63, 3.8) is 0 Å². The van der Waals surface area contributed by atoms with Crippen LogP contribution in [0.3, 0.4) is 0 Å². The van der Waals surface area contributed by atoms with Crippen molar-refractivity contribution >= 4 is 10.0 Å². The normalized spacial score (nSPS) is 24.7. The van der Waals surface area contributed by atoms with Gasteiger partial charge in [-0.2, -0.15) is 5.06 Å². The van der Waals surface area contributed by atoms with Crippen LogP contribution in [-0.4, -0.2) is 42.0 Å². The van der Waals surface area contributed by atoms with Crippen LogP contribution in [0.4, 0.5) is 0 Å². The Morgan fingerprint density at radius 3 is 2.15 bits per heavy atom. The van der Waals surface area contributed by atoms with E-state index in [1.54, 1.807) is 12.1 Å². The Morgan fingerprint density at radius 1 is 1.04 bits per heavy atom. The first kappa shape index (κ1) is 20.4. The van der Waals surface area contributed by atoms with E-state index in [4.69, 9.17) is 4.84 Å². The molecule has 0 spiro atoms. The molecule has 1 fully saturated rings. The molecule has 27 heavy (non-hydrogen) atoms. The molecule has 6 heteroatoms. The zero-order chi connectivity index (χ0) is 20.2. The summed E-state index contributed by atoms with van der Waals surface area (Å²) in [6.07, 6.45) is 2.43. The third-order valence-electron chi connectivity index (χ3n) is 5.18. The van der Waals surface area contributed by atoms with Crippen molar-refractivity contribution in [2.24, 2.45) is 5.41 Å². The average Bonchev–Trinajstić information content (AvgIpc) is 2.94. The summed E-state index contributed by atoms with van der Waals surface area (Å²) in [5.41, 5.74) is 1.85. The lowest BCUT2D eigenvalue weighted by molar-refractivity contribution is -0.224. The Balaban J connectivity index is 2.01. The van der Waals surface area contributed by atoms with Crippen molar-refractivity contribution in [1.29, 1.82) is 0 Å². The molecule has 0 unspecified atom stereocenters. The molecule has 2 aliphatic rings. The van der Waals surface area contributed by atoms with Crippen LogP contribution in [0.5, 0.6) is 0 Å². The first-order chi connectivity index (χ1) is 12.3. The van der Waals surface area contributed by atoms with Gasteiger partial charge in [-0.05, 0) is 57.2 Å². The van der Waals surface area contributed by atoms with E-state index in [0.717, 1.165) is 11.1 Å². The number of hydrogen-bond acceptors (Lipinski definition) is 4. The zero-order valence-electron chi connectivity index (χ0n) is 17.5. The minimum Gasteiger partial charge on any atom is -0.290 e. The molecule has 5 nitrogen and oxygen atoms in total. The van der Waals surface area contributed by atoms with Gasteiger partial charge in [0.25, 0.3) is 10.0 Å². The molecule has 2 aliphatic heterocycles. The predicted octanol–water partition coefficient (Wildman–Crippen LogP) is 4.10. The number of hydroxylamine groups is 2. The van der Waals surface area contributed by atoms with Crippen molar-refractivity contribution in [2.75, 3.05) is 6.54 Å². The topological polar surface area (TPSA) is 49.9 Å². The van der Waals surface area contributed by atoms with Gasteiger partial charge in [0.15, 0.2) is 0 Å². The Hall–Kier alpha value is -1.37. The number of aryl methyl sites for hydroxylation is 1. The van der Waals surface area contributed by atoms with E-state index < -0.39 is 10.0 Å². The largest absolute Gasteiger partial charge is 0.290 e. The molecule has 0 aliphatic carbocycles. The van der Waals surface area contributed by atoms with Gasteiger partial charge in [0.2, 0.25) is 0 Å². The van der Waals surface area contributed by atoms with E-state index >= 15 is 0 Å². The van der Waals surface area contributed by atoms with Gasteiger partial charge in [-0.25, -0.2) is 8.42 Å². The molecule has 2 heterocycles. The van der Waals surface area contributed by atoms with E-state index in [1.165, 1.54) is 4.31 Å². The van der Waals surface area contributed by atoms with Gasteiger partial charge in [-0.3, -0.25) is 9.14 Å². The maximum absolute atomic E-state index is 13.1. The maximum atomic E-state index is 13.1. The lowest BCUT2D eigenvalue weighted by atomic mass is 9.79. The van der Waals surface area contributed by atoms with Gasteiger partial charge in [-0.15, -0.1) is 0 Å². The Kier molecular flexibility index (Phi) is 4.98. The van der Waals surface area contributed by atoms with Gasteiger partial charge in [0.05, 0.1) is 10.9 Å². The number of benzene rings is 1. The third-order valence-corrected chi connectivity index (χ3v) is 6.95. The number of fused-ring (bicyclic) bond motifs is 1. The summed E-state index contributed by atoms with van der Waals surface area (Å²) in [6.45, 7) is 15.3. The molecule has 1 aromatic carbocycles. The van der Waals surface area contributed by atoms with Gasteiger partial charge < -0.3 is 0 Å². The molecule has 0 aromatic heterocycles.